The third kappa shape index (κ3) is 8.37. The number of carbonyl (C=O) groups is 1. The lowest BCUT2D eigenvalue weighted by Gasteiger charge is -2.24. The number of rotatable bonds is 6. The maximum Gasteiger partial charge on any atom is 0.410 e. The molecule has 140 valence electrons. The van der Waals surface area contributed by atoms with Gasteiger partial charge in [-0.1, -0.05) is 18.2 Å². The molecule has 7 heteroatoms. The van der Waals surface area contributed by atoms with Crippen molar-refractivity contribution in [1.82, 2.24) is 15.5 Å². The molecule has 0 aromatic heterocycles. The van der Waals surface area contributed by atoms with Crippen molar-refractivity contribution in [2.45, 2.75) is 39.8 Å². The first-order chi connectivity index (χ1) is 11.7. The number of benzene rings is 1. The Morgan fingerprint density at radius 2 is 1.96 bits per heavy atom. The largest absolute Gasteiger partial charge is 0.444 e. The summed E-state index contributed by atoms with van der Waals surface area (Å²) in [6.45, 7) is 9.32. The molecule has 0 aliphatic rings. The monoisotopic (exact) mass is 352 g/mol. The summed E-state index contributed by atoms with van der Waals surface area (Å²) in [7, 11) is 1.68. The normalized spacial score (nSPS) is 11.8. The molecule has 0 saturated carbocycles. The summed E-state index contributed by atoms with van der Waals surface area (Å²) >= 11 is 0. The van der Waals surface area contributed by atoms with Gasteiger partial charge in [0, 0.05) is 32.2 Å². The maximum absolute atomic E-state index is 13.6. The van der Waals surface area contributed by atoms with Gasteiger partial charge >= 0.3 is 6.09 Å². The SMILES string of the molecule is CCNC(=NCc1ccccc1F)NCCN(C)C(=O)OC(C)(C)C. The number of nitrogens with zero attached hydrogens (tertiary/aromatic N) is 2. The minimum Gasteiger partial charge on any atom is -0.444 e. The van der Waals surface area contributed by atoms with Crippen LogP contribution in [0.2, 0.25) is 0 Å². The van der Waals surface area contributed by atoms with E-state index in [9.17, 15) is 9.18 Å². The quantitative estimate of drug-likeness (QED) is 0.610. The molecule has 25 heavy (non-hydrogen) atoms. The predicted molar refractivity (Wildman–Crippen MR) is 98.1 cm³/mol. The first kappa shape index (κ1) is 20.7. The average molecular weight is 352 g/mol. The zero-order valence-electron chi connectivity index (χ0n) is 15.7. The topological polar surface area (TPSA) is 66.0 Å². The lowest BCUT2D eigenvalue weighted by atomic mass is 10.2. The summed E-state index contributed by atoms with van der Waals surface area (Å²) in [4.78, 5) is 17.8. The van der Waals surface area contributed by atoms with Gasteiger partial charge in [0.15, 0.2) is 5.96 Å². The standard InChI is InChI=1S/C18H29FN4O2/c1-6-20-16(22-13-14-9-7-8-10-15(14)19)21-11-12-23(5)17(24)25-18(2,3)4/h7-10H,6,11-13H2,1-5H3,(H2,20,21,22). The Balaban J connectivity index is 2.51. The van der Waals surface area contributed by atoms with E-state index < -0.39 is 5.60 Å². The molecular formula is C18H29FN4O2. The zero-order valence-corrected chi connectivity index (χ0v) is 15.7. The van der Waals surface area contributed by atoms with Crippen LogP contribution in [0.4, 0.5) is 9.18 Å². The van der Waals surface area contributed by atoms with Crippen LogP contribution in [0, 0.1) is 5.82 Å². The molecule has 1 aromatic rings. The summed E-state index contributed by atoms with van der Waals surface area (Å²) in [5, 5.41) is 6.22. The molecule has 1 amide bonds. The zero-order chi connectivity index (χ0) is 18.9. The van der Waals surface area contributed by atoms with Crippen LogP contribution < -0.4 is 10.6 Å². The van der Waals surface area contributed by atoms with Crippen molar-refractivity contribution < 1.29 is 13.9 Å². The van der Waals surface area contributed by atoms with E-state index in [0.717, 1.165) is 0 Å². The van der Waals surface area contributed by atoms with Crippen LogP contribution in [-0.2, 0) is 11.3 Å². The molecular weight excluding hydrogens is 323 g/mol. The second-order valence-electron chi connectivity index (χ2n) is 6.62. The van der Waals surface area contributed by atoms with Gasteiger partial charge in [-0.2, -0.15) is 0 Å². The summed E-state index contributed by atoms with van der Waals surface area (Å²) < 4.78 is 18.9. The number of aliphatic imine (C=N–C) groups is 1. The van der Waals surface area contributed by atoms with Gasteiger partial charge in [-0.3, -0.25) is 0 Å². The highest BCUT2D eigenvalue weighted by Crippen LogP contribution is 2.09. The molecule has 0 fully saturated rings. The number of hydrogen-bond acceptors (Lipinski definition) is 3. The van der Waals surface area contributed by atoms with Crippen LogP contribution in [0.1, 0.15) is 33.3 Å². The molecule has 0 heterocycles. The average Bonchev–Trinajstić information content (AvgIpc) is 2.52. The van der Waals surface area contributed by atoms with Crippen LogP contribution in [0.5, 0.6) is 0 Å². The molecule has 0 saturated heterocycles. The van der Waals surface area contributed by atoms with Gasteiger partial charge < -0.3 is 20.3 Å². The fourth-order valence-electron chi connectivity index (χ4n) is 1.91. The van der Waals surface area contributed by atoms with Crippen molar-refractivity contribution in [2.24, 2.45) is 4.99 Å². The van der Waals surface area contributed by atoms with Gasteiger partial charge in [0.05, 0.1) is 6.54 Å². The van der Waals surface area contributed by atoms with Gasteiger partial charge in [-0.25, -0.2) is 14.2 Å². The Morgan fingerprint density at radius 1 is 1.28 bits per heavy atom. The third-order valence-corrected chi connectivity index (χ3v) is 3.15. The smallest absolute Gasteiger partial charge is 0.410 e. The van der Waals surface area contributed by atoms with Crippen molar-refractivity contribution in [3.8, 4) is 0 Å². The molecule has 0 aliphatic heterocycles. The van der Waals surface area contributed by atoms with Gasteiger partial charge in [0.25, 0.3) is 0 Å². The Hall–Kier alpha value is -2.31. The van der Waals surface area contributed by atoms with Gasteiger partial charge in [0.2, 0.25) is 0 Å². The van der Waals surface area contributed by atoms with E-state index in [1.54, 1.807) is 25.2 Å². The molecule has 0 atom stereocenters. The highest BCUT2D eigenvalue weighted by atomic mass is 19.1. The van der Waals surface area contributed by atoms with Crippen molar-refractivity contribution >= 4 is 12.1 Å². The molecule has 1 rings (SSSR count). The summed E-state index contributed by atoms with van der Waals surface area (Å²) in [6, 6.07) is 6.56. The summed E-state index contributed by atoms with van der Waals surface area (Å²) in [6.07, 6.45) is -0.373. The molecule has 0 unspecified atom stereocenters. The van der Waals surface area contributed by atoms with E-state index in [4.69, 9.17) is 4.74 Å². The molecule has 0 spiro atoms. The van der Waals surface area contributed by atoms with E-state index in [-0.39, 0.29) is 18.5 Å². The first-order valence-electron chi connectivity index (χ1n) is 8.42. The fraction of sp³-hybridized carbons (Fsp3) is 0.556. The van der Waals surface area contributed by atoms with E-state index in [1.807, 2.05) is 27.7 Å². The highest BCUT2D eigenvalue weighted by Gasteiger charge is 2.19. The second-order valence-corrected chi connectivity index (χ2v) is 6.62. The molecule has 1 aromatic carbocycles. The van der Waals surface area contributed by atoms with Crippen molar-refractivity contribution in [3.05, 3.63) is 35.6 Å². The van der Waals surface area contributed by atoms with E-state index in [1.165, 1.54) is 11.0 Å². The molecule has 0 aliphatic carbocycles. The number of ether oxygens (including phenoxy) is 1. The Bertz CT molecular complexity index is 585. The first-order valence-corrected chi connectivity index (χ1v) is 8.42. The van der Waals surface area contributed by atoms with E-state index in [0.29, 0.717) is 31.2 Å². The molecule has 0 radical (unpaired) electrons. The van der Waals surface area contributed by atoms with E-state index >= 15 is 0 Å². The fourth-order valence-corrected chi connectivity index (χ4v) is 1.91. The Labute approximate surface area is 149 Å². The minimum atomic E-state index is -0.519. The van der Waals surface area contributed by atoms with Gasteiger partial charge in [0.1, 0.15) is 11.4 Å². The number of nitrogens with one attached hydrogen (secondary N) is 2. The van der Waals surface area contributed by atoms with Gasteiger partial charge in [-0.05, 0) is 33.8 Å². The third-order valence-electron chi connectivity index (χ3n) is 3.15. The maximum atomic E-state index is 13.6. The van der Waals surface area contributed by atoms with Gasteiger partial charge in [-0.15, -0.1) is 0 Å². The summed E-state index contributed by atoms with van der Waals surface area (Å²) in [5.41, 5.74) is 0.0140. The molecule has 2 N–H and O–H groups in total. The lowest BCUT2D eigenvalue weighted by molar-refractivity contribution is 0.0302. The second kappa shape index (κ2) is 9.86. The number of hydrogen-bond donors (Lipinski definition) is 2. The number of guanidine groups is 1. The highest BCUT2D eigenvalue weighted by molar-refractivity contribution is 5.79. The number of likely N-dealkylation sites (N-methyl/N-ethyl adjacent to an activating group) is 1. The molecule has 6 nitrogen and oxygen atoms in total. The predicted octanol–water partition coefficient (Wildman–Crippen LogP) is 2.75. The van der Waals surface area contributed by atoms with Crippen LogP contribution >= 0.6 is 0 Å². The lowest BCUT2D eigenvalue weighted by Crippen LogP contribution is -2.43. The van der Waals surface area contributed by atoms with Crippen LogP contribution in [-0.4, -0.2) is 49.2 Å². The molecule has 0 bridgehead atoms. The summed E-state index contributed by atoms with van der Waals surface area (Å²) in [5.74, 6) is 0.301. The van der Waals surface area contributed by atoms with Crippen molar-refractivity contribution in [1.29, 1.82) is 0 Å². The number of carbonyl (C=O) groups excluding carboxylic acids is 1. The minimum absolute atomic E-state index is 0.240. The van der Waals surface area contributed by atoms with Crippen LogP contribution in [0.3, 0.4) is 0 Å². The van der Waals surface area contributed by atoms with Crippen LogP contribution in [0.25, 0.3) is 0 Å². The van der Waals surface area contributed by atoms with Crippen molar-refractivity contribution in [2.75, 3.05) is 26.7 Å². The van der Waals surface area contributed by atoms with E-state index in [2.05, 4.69) is 15.6 Å². The van der Waals surface area contributed by atoms with Crippen molar-refractivity contribution in [3.63, 3.8) is 0 Å². The number of amides is 1. The number of halogens is 1. The Morgan fingerprint density at radius 3 is 2.56 bits per heavy atom. The Kier molecular flexibility index (Phi) is 8.18. The van der Waals surface area contributed by atoms with Crippen LogP contribution in [0.15, 0.2) is 29.3 Å².